The molecule has 2 unspecified atom stereocenters. The summed E-state index contributed by atoms with van der Waals surface area (Å²) in [7, 11) is 0. The van der Waals surface area contributed by atoms with Crippen molar-refractivity contribution >= 4 is 5.91 Å². The van der Waals surface area contributed by atoms with Crippen LogP contribution >= 0.6 is 0 Å². The van der Waals surface area contributed by atoms with E-state index in [0.29, 0.717) is 5.56 Å². The van der Waals surface area contributed by atoms with Crippen LogP contribution in [-0.2, 0) is 0 Å². The van der Waals surface area contributed by atoms with Gasteiger partial charge in [-0.3, -0.25) is 4.79 Å². The van der Waals surface area contributed by atoms with Gasteiger partial charge < -0.3 is 16.8 Å². The molecule has 1 saturated carbocycles. The predicted molar refractivity (Wildman–Crippen MR) is 62.7 cm³/mol. The number of carbonyl (C=O) groups is 1. The van der Waals surface area contributed by atoms with E-state index < -0.39 is 5.66 Å². The first-order chi connectivity index (χ1) is 7.62. The van der Waals surface area contributed by atoms with Crippen molar-refractivity contribution < 1.29 is 4.79 Å². The largest absolute Gasteiger partial charge is 0.333 e. The van der Waals surface area contributed by atoms with Crippen LogP contribution in [0.2, 0.25) is 0 Å². The Hall–Kier alpha value is -1.39. The molecular weight excluding hydrogens is 202 g/mol. The fourth-order valence-corrected chi connectivity index (χ4v) is 2.09. The van der Waals surface area contributed by atoms with Crippen molar-refractivity contribution in [3.05, 3.63) is 35.9 Å². The zero-order chi connectivity index (χ0) is 11.6. The van der Waals surface area contributed by atoms with Crippen LogP contribution in [0.4, 0.5) is 0 Å². The smallest absolute Gasteiger partial charge is 0.252 e. The van der Waals surface area contributed by atoms with Crippen molar-refractivity contribution in [1.29, 1.82) is 0 Å². The number of nitrogens with two attached hydrogens (primary N) is 2. The van der Waals surface area contributed by atoms with Crippen molar-refractivity contribution in [1.82, 2.24) is 5.32 Å². The van der Waals surface area contributed by atoms with Gasteiger partial charge in [-0.05, 0) is 31.4 Å². The van der Waals surface area contributed by atoms with E-state index in [1.165, 1.54) is 0 Å². The molecule has 1 fully saturated rings. The van der Waals surface area contributed by atoms with Crippen molar-refractivity contribution in [3.63, 3.8) is 0 Å². The lowest BCUT2D eigenvalue weighted by Crippen LogP contribution is -2.63. The molecule has 0 aromatic heterocycles. The molecule has 1 aliphatic carbocycles. The van der Waals surface area contributed by atoms with Crippen molar-refractivity contribution in [2.24, 2.45) is 11.5 Å². The SMILES string of the molecule is NC1CCCC1(N)NC(=O)c1ccccc1. The van der Waals surface area contributed by atoms with E-state index in [9.17, 15) is 4.79 Å². The Morgan fingerprint density at radius 2 is 2.06 bits per heavy atom. The average molecular weight is 219 g/mol. The molecule has 0 heterocycles. The van der Waals surface area contributed by atoms with Gasteiger partial charge in [0.1, 0.15) is 5.66 Å². The van der Waals surface area contributed by atoms with Crippen LogP contribution < -0.4 is 16.8 Å². The van der Waals surface area contributed by atoms with Gasteiger partial charge in [0, 0.05) is 11.6 Å². The van der Waals surface area contributed by atoms with E-state index in [-0.39, 0.29) is 11.9 Å². The molecule has 2 rings (SSSR count). The summed E-state index contributed by atoms with van der Waals surface area (Å²) in [5, 5.41) is 2.84. The van der Waals surface area contributed by atoms with E-state index in [1.807, 2.05) is 18.2 Å². The topological polar surface area (TPSA) is 81.1 Å². The van der Waals surface area contributed by atoms with Gasteiger partial charge in [0.05, 0.1) is 0 Å². The number of rotatable bonds is 2. The molecule has 86 valence electrons. The minimum atomic E-state index is -0.743. The monoisotopic (exact) mass is 219 g/mol. The van der Waals surface area contributed by atoms with Gasteiger partial charge in [-0.1, -0.05) is 18.2 Å². The Bertz CT molecular complexity index is 379. The maximum absolute atomic E-state index is 11.9. The molecule has 1 amide bonds. The van der Waals surface area contributed by atoms with Crippen LogP contribution in [0.5, 0.6) is 0 Å². The Balaban J connectivity index is 2.08. The molecule has 16 heavy (non-hydrogen) atoms. The third-order valence-corrected chi connectivity index (χ3v) is 3.15. The van der Waals surface area contributed by atoms with Crippen molar-refractivity contribution in [2.75, 3.05) is 0 Å². The highest BCUT2D eigenvalue weighted by Gasteiger charge is 2.38. The first-order valence-electron chi connectivity index (χ1n) is 5.54. The number of nitrogens with one attached hydrogen (secondary N) is 1. The Morgan fingerprint density at radius 3 is 2.62 bits per heavy atom. The highest BCUT2D eigenvalue weighted by atomic mass is 16.1. The first-order valence-corrected chi connectivity index (χ1v) is 5.54. The van der Waals surface area contributed by atoms with Gasteiger partial charge in [0.25, 0.3) is 5.91 Å². The highest BCUT2D eigenvalue weighted by molar-refractivity contribution is 5.94. The lowest BCUT2D eigenvalue weighted by atomic mass is 10.1. The number of benzene rings is 1. The highest BCUT2D eigenvalue weighted by Crippen LogP contribution is 2.24. The minimum absolute atomic E-state index is 0.152. The number of carbonyl (C=O) groups excluding carboxylic acids is 1. The predicted octanol–water partition coefficient (Wildman–Crippen LogP) is 0.583. The molecular formula is C12H17N3O. The summed E-state index contributed by atoms with van der Waals surface area (Å²) in [5.41, 5.74) is 11.9. The van der Waals surface area contributed by atoms with Crippen LogP contribution in [0.15, 0.2) is 30.3 Å². The maximum Gasteiger partial charge on any atom is 0.252 e. The summed E-state index contributed by atoms with van der Waals surface area (Å²) in [6, 6.07) is 8.90. The molecule has 0 saturated heterocycles. The second kappa shape index (κ2) is 4.23. The third-order valence-electron chi connectivity index (χ3n) is 3.15. The molecule has 4 heteroatoms. The van der Waals surface area contributed by atoms with Crippen LogP contribution in [-0.4, -0.2) is 17.6 Å². The summed E-state index contributed by atoms with van der Waals surface area (Å²) in [6.45, 7) is 0. The summed E-state index contributed by atoms with van der Waals surface area (Å²) >= 11 is 0. The maximum atomic E-state index is 11.9. The summed E-state index contributed by atoms with van der Waals surface area (Å²) in [5.74, 6) is -0.152. The van der Waals surface area contributed by atoms with Crippen LogP contribution in [0, 0.1) is 0 Å². The van der Waals surface area contributed by atoms with Crippen molar-refractivity contribution in [3.8, 4) is 0 Å². The van der Waals surface area contributed by atoms with Crippen LogP contribution in [0.25, 0.3) is 0 Å². The van der Waals surface area contributed by atoms with E-state index >= 15 is 0 Å². The minimum Gasteiger partial charge on any atom is -0.333 e. The molecule has 1 aromatic carbocycles. The van der Waals surface area contributed by atoms with Gasteiger partial charge in [-0.25, -0.2) is 0 Å². The molecule has 0 aliphatic heterocycles. The van der Waals surface area contributed by atoms with E-state index in [0.717, 1.165) is 19.3 Å². The molecule has 4 nitrogen and oxygen atoms in total. The van der Waals surface area contributed by atoms with Crippen molar-refractivity contribution in [2.45, 2.75) is 31.0 Å². The zero-order valence-electron chi connectivity index (χ0n) is 9.15. The molecule has 5 N–H and O–H groups in total. The van der Waals surface area contributed by atoms with E-state index in [2.05, 4.69) is 5.32 Å². The van der Waals surface area contributed by atoms with E-state index in [4.69, 9.17) is 11.5 Å². The third kappa shape index (κ3) is 2.08. The van der Waals surface area contributed by atoms with Gasteiger partial charge in [-0.15, -0.1) is 0 Å². The molecule has 0 bridgehead atoms. The second-order valence-corrected chi connectivity index (χ2v) is 4.36. The quantitative estimate of drug-likeness (QED) is 0.636. The van der Waals surface area contributed by atoms with E-state index in [1.54, 1.807) is 12.1 Å². The summed E-state index contributed by atoms with van der Waals surface area (Å²) in [4.78, 5) is 11.9. The van der Waals surface area contributed by atoms with Gasteiger partial charge in [0.2, 0.25) is 0 Å². The average Bonchev–Trinajstić information content (AvgIpc) is 2.60. The van der Waals surface area contributed by atoms with Gasteiger partial charge >= 0.3 is 0 Å². The first kappa shape index (κ1) is 11.1. The Labute approximate surface area is 95.0 Å². The molecule has 1 aliphatic rings. The standard InChI is InChI=1S/C12H17N3O/c13-10-7-4-8-12(10,14)15-11(16)9-5-2-1-3-6-9/h1-3,5-6,10H,4,7-8,13-14H2,(H,15,16). The Kier molecular flexibility index (Phi) is 2.94. The van der Waals surface area contributed by atoms with Gasteiger partial charge in [-0.2, -0.15) is 0 Å². The normalized spacial score (nSPS) is 29.0. The fraction of sp³-hybridized carbons (Fsp3) is 0.417. The van der Waals surface area contributed by atoms with Crippen LogP contribution in [0.1, 0.15) is 29.6 Å². The number of hydrogen-bond acceptors (Lipinski definition) is 3. The molecule has 2 atom stereocenters. The Morgan fingerprint density at radius 1 is 1.38 bits per heavy atom. The zero-order valence-corrected chi connectivity index (χ0v) is 9.15. The number of hydrogen-bond donors (Lipinski definition) is 3. The fourth-order valence-electron chi connectivity index (χ4n) is 2.09. The molecule has 1 aromatic rings. The second-order valence-electron chi connectivity index (χ2n) is 4.36. The summed E-state index contributed by atoms with van der Waals surface area (Å²) < 4.78 is 0. The molecule has 0 radical (unpaired) electrons. The van der Waals surface area contributed by atoms with Gasteiger partial charge in [0.15, 0.2) is 0 Å². The molecule has 0 spiro atoms. The van der Waals surface area contributed by atoms with Crippen LogP contribution in [0.3, 0.4) is 0 Å². The number of amides is 1. The lowest BCUT2D eigenvalue weighted by molar-refractivity contribution is 0.0894. The summed E-state index contributed by atoms with van der Waals surface area (Å²) in [6.07, 6.45) is 2.57. The lowest BCUT2D eigenvalue weighted by Gasteiger charge is -2.30.